The SMILES string of the molecule is CCC(C)n1c(-c2ccc(C)cc2)ccc(CNC)c1=O. The highest BCUT2D eigenvalue weighted by Crippen LogP contribution is 2.23. The Morgan fingerprint density at radius 1 is 1.14 bits per heavy atom. The van der Waals surface area contributed by atoms with Gasteiger partial charge in [0.25, 0.3) is 5.56 Å². The van der Waals surface area contributed by atoms with Gasteiger partial charge in [0.1, 0.15) is 0 Å². The summed E-state index contributed by atoms with van der Waals surface area (Å²) < 4.78 is 1.93. The van der Waals surface area contributed by atoms with E-state index in [0.29, 0.717) is 6.54 Å². The van der Waals surface area contributed by atoms with Crippen molar-refractivity contribution in [3.63, 3.8) is 0 Å². The van der Waals surface area contributed by atoms with Crippen molar-refractivity contribution in [1.29, 1.82) is 0 Å². The molecule has 1 N–H and O–H groups in total. The molecular formula is C18H24N2O. The van der Waals surface area contributed by atoms with Crippen molar-refractivity contribution in [3.05, 3.63) is 57.9 Å². The molecule has 1 heterocycles. The molecule has 0 saturated heterocycles. The summed E-state index contributed by atoms with van der Waals surface area (Å²) in [7, 11) is 1.86. The van der Waals surface area contributed by atoms with Gasteiger partial charge in [0.2, 0.25) is 0 Å². The molecular weight excluding hydrogens is 260 g/mol. The molecule has 0 aliphatic carbocycles. The summed E-state index contributed by atoms with van der Waals surface area (Å²) >= 11 is 0. The molecule has 0 radical (unpaired) electrons. The van der Waals surface area contributed by atoms with Crippen LogP contribution in [0.15, 0.2) is 41.2 Å². The number of aryl methyl sites for hydroxylation is 1. The largest absolute Gasteiger partial charge is 0.315 e. The molecule has 1 unspecified atom stereocenters. The molecule has 0 bridgehead atoms. The molecule has 2 rings (SSSR count). The minimum absolute atomic E-state index is 0.108. The summed E-state index contributed by atoms with van der Waals surface area (Å²) in [5, 5.41) is 3.06. The van der Waals surface area contributed by atoms with E-state index in [1.807, 2.05) is 17.7 Å². The smallest absolute Gasteiger partial charge is 0.255 e. The van der Waals surface area contributed by atoms with E-state index in [9.17, 15) is 4.79 Å². The highest BCUT2D eigenvalue weighted by Gasteiger charge is 2.14. The highest BCUT2D eigenvalue weighted by atomic mass is 16.1. The van der Waals surface area contributed by atoms with Crippen LogP contribution < -0.4 is 10.9 Å². The van der Waals surface area contributed by atoms with E-state index in [1.54, 1.807) is 0 Å². The van der Waals surface area contributed by atoms with E-state index in [2.05, 4.69) is 56.4 Å². The highest BCUT2D eigenvalue weighted by molar-refractivity contribution is 5.60. The van der Waals surface area contributed by atoms with Gasteiger partial charge in [-0.3, -0.25) is 4.79 Å². The topological polar surface area (TPSA) is 34.0 Å². The van der Waals surface area contributed by atoms with Crippen LogP contribution in [0.3, 0.4) is 0 Å². The molecule has 1 atom stereocenters. The summed E-state index contributed by atoms with van der Waals surface area (Å²) in [6, 6.07) is 12.5. The van der Waals surface area contributed by atoms with E-state index < -0.39 is 0 Å². The van der Waals surface area contributed by atoms with Crippen molar-refractivity contribution < 1.29 is 0 Å². The Morgan fingerprint density at radius 2 is 1.81 bits per heavy atom. The van der Waals surface area contributed by atoms with Crippen LogP contribution in [0, 0.1) is 6.92 Å². The van der Waals surface area contributed by atoms with E-state index in [0.717, 1.165) is 23.2 Å². The number of benzene rings is 1. The second kappa shape index (κ2) is 6.72. The van der Waals surface area contributed by atoms with E-state index in [-0.39, 0.29) is 11.6 Å². The van der Waals surface area contributed by atoms with Crippen molar-refractivity contribution in [2.75, 3.05) is 7.05 Å². The quantitative estimate of drug-likeness (QED) is 0.911. The number of aromatic nitrogens is 1. The maximum Gasteiger partial charge on any atom is 0.255 e. The van der Waals surface area contributed by atoms with Crippen LogP contribution in [0.2, 0.25) is 0 Å². The minimum atomic E-state index is 0.108. The van der Waals surface area contributed by atoms with Crippen LogP contribution in [0.4, 0.5) is 0 Å². The lowest BCUT2D eigenvalue weighted by Crippen LogP contribution is -2.29. The molecule has 1 aromatic heterocycles. The Balaban J connectivity index is 2.62. The van der Waals surface area contributed by atoms with Gasteiger partial charge in [-0.05, 0) is 38.9 Å². The molecule has 3 heteroatoms. The van der Waals surface area contributed by atoms with Crippen LogP contribution in [-0.2, 0) is 6.54 Å². The Labute approximate surface area is 126 Å². The van der Waals surface area contributed by atoms with E-state index in [1.165, 1.54) is 5.56 Å². The molecule has 0 spiro atoms. The summed E-state index contributed by atoms with van der Waals surface area (Å²) in [5.41, 5.74) is 4.23. The number of nitrogens with zero attached hydrogens (tertiary/aromatic N) is 1. The fourth-order valence-electron chi connectivity index (χ4n) is 2.50. The third-order valence-electron chi connectivity index (χ3n) is 3.94. The second-order valence-electron chi connectivity index (χ2n) is 5.57. The lowest BCUT2D eigenvalue weighted by molar-refractivity contribution is 0.515. The molecule has 3 nitrogen and oxygen atoms in total. The van der Waals surface area contributed by atoms with Crippen LogP contribution >= 0.6 is 0 Å². The molecule has 1 aromatic carbocycles. The van der Waals surface area contributed by atoms with Gasteiger partial charge in [-0.2, -0.15) is 0 Å². The first kappa shape index (κ1) is 15.5. The maximum atomic E-state index is 12.7. The van der Waals surface area contributed by atoms with Gasteiger partial charge in [0.05, 0.1) is 5.69 Å². The van der Waals surface area contributed by atoms with E-state index in [4.69, 9.17) is 0 Å². The van der Waals surface area contributed by atoms with Gasteiger partial charge in [-0.15, -0.1) is 0 Å². The first-order valence-corrected chi connectivity index (χ1v) is 7.54. The van der Waals surface area contributed by atoms with Crippen molar-refractivity contribution in [1.82, 2.24) is 9.88 Å². The van der Waals surface area contributed by atoms with Crippen LogP contribution in [0.1, 0.15) is 37.4 Å². The number of hydrogen-bond donors (Lipinski definition) is 1. The van der Waals surface area contributed by atoms with Crippen molar-refractivity contribution in [2.24, 2.45) is 0 Å². The first-order chi connectivity index (χ1) is 10.1. The van der Waals surface area contributed by atoms with Crippen molar-refractivity contribution in [3.8, 4) is 11.3 Å². The van der Waals surface area contributed by atoms with Gasteiger partial charge in [0, 0.05) is 18.2 Å². The Kier molecular flexibility index (Phi) is 4.97. The lowest BCUT2D eigenvalue weighted by Gasteiger charge is -2.20. The zero-order valence-corrected chi connectivity index (χ0v) is 13.3. The Hall–Kier alpha value is -1.87. The average molecular weight is 284 g/mol. The van der Waals surface area contributed by atoms with Crippen molar-refractivity contribution in [2.45, 2.75) is 39.8 Å². The summed E-state index contributed by atoms with van der Waals surface area (Å²) in [5.74, 6) is 0. The molecule has 2 aromatic rings. The molecule has 21 heavy (non-hydrogen) atoms. The normalized spacial score (nSPS) is 12.4. The second-order valence-corrected chi connectivity index (χ2v) is 5.57. The maximum absolute atomic E-state index is 12.7. The van der Waals surface area contributed by atoms with Gasteiger partial charge in [0.15, 0.2) is 0 Å². The first-order valence-electron chi connectivity index (χ1n) is 7.54. The van der Waals surface area contributed by atoms with Crippen molar-refractivity contribution >= 4 is 0 Å². The zero-order chi connectivity index (χ0) is 15.4. The van der Waals surface area contributed by atoms with E-state index >= 15 is 0 Å². The van der Waals surface area contributed by atoms with Gasteiger partial charge in [-0.1, -0.05) is 42.8 Å². The zero-order valence-electron chi connectivity index (χ0n) is 13.3. The predicted octanol–water partition coefficient (Wildman–Crippen LogP) is 3.51. The predicted molar refractivity (Wildman–Crippen MR) is 88.6 cm³/mol. The van der Waals surface area contributed by atoms with Crippen LogP contribution in [-0.4, -0.2) is 11.6 Å². The molecule has 112 valence electrons. The number of nitrogens with one attached hydrogen (secondary N) is 1. The number of hydrogen-bond acceptors (Lipinski definition) is 2. The molecule has 0 aliphatic heterocycles. The minimum Gasteiger partial charge on any atom is -0.315 e. The summed E-state index contributed by atoms with van der Waals surface area (Å²) in [6.45, 7) is 6.88. The van der Waals surface area contributed by atoms with Gasteiger partial charge in [-0.25, -0.2) is 0 Å². The Bertz CT molecular complexity index is 656. The van der Waals surface area contributed by atoms with Crippen LogP contribution in [0.25, 0.3) is 11.3 Å². The Morgan fingerprint density at radius 3 is 2.38 bits per heavy atom. The number of pyridine rings is 1. The summed E-state index contributed by atoms with van der Waals surface area (Å²) in [6.07, 6.45) is 0.932. The fourth-order valence-corrected chi connectivity index (χ4v) is 2.50. The monoisotopic (exact) mass is 284 g/mol. The van der Waals surface area contributed by atoms with Gasteiger partial charge >= 0.3 is 0 Å². The standard InChI is InChI=1S/C18H24N2O/c1-5-14(3)20-17(15-8-6-13(2)7-9-15)11-10-16(12-19-4)18(20)21/h6-11,14,19H,5,12H2,1-4H3. The third-order valence-corrected chi connectivity index (χ3v) is 3.94. The molecule has 0 fully saturated rings. The van der Waals surface area contributed by atoms with Gasteiger partial charge < -0.3 is 9.88 Å². The molecule has 0 saturated carbocycles. The third kappa shape index (κ3) is 3.24. The summed E-state index contributed by atoms with van der Waals surface area (Å²) in [4.78, 5) is 12.7. The average Bonchev–Trinajstić information content (AvgIpc) is 2.49. The molecule has 0 amide bonds. The fraction of sp³-hybridized carbons (Fsp3) is 0.389. The molecule has 0 aliphatic rings. The van der Waals surface area contributed by atoms with Crippen LogP contribution in [0.5, 0.6) is 0 Å². The number of rotatable bonds is 5. The lowest BCUT2D eigenvalue weighted by atomic mass is 10.1.